The fourth-order valence-corrected chi connectivity index (χ4v) is 5.67. The van der Waals surface area contributed by atoms with E-state index in [1.807, 2.05) is 30.3 Å². The second kappa shape index (κ2) is 6.60. The van der Waals surface area contributed by atoms with E-state index in [9.17, 15) is 19.5 Å². The molecule has 2 amide bonds. The van der Waals surface area contributed by atoms with Crippen LogP contribution in [0.5, 0.6) is 0 Å². The average molecular weight is 369 g/mol. The van der Waals surface area contributed by atoms with Crippen molar-refractivity contribution in [3.8, 4) is 0 Å². The van der Waals surface area contributed by atoms with Crippen molar-refractivity contribution >= 4 is 17.8 Å². The number of carbonyl (C=O) groups excluding carboxylic acids is 2. The summed E-state index contributed by atoms with van der Waals surface area (Å²) in [4.78, 5) is 39.2. The van der Waals surface area contributed by atoms with Crippen LogP contribution in [-0.4, -0.2) is 34.5 Å². The first-order valence-corrected chi connectivity index (χ1v) is 9.33. The van der Waals surface area contributed by atoms with Gasteiger partial charge in [0, 0.05) is 0 Å². The summed E-state index contributed by atoms with van der Waals surface area (Å²) < 4.78 is 5.60. The molecule has 1 aromatic rings. The zero-order chi connectivity index (χ0) is 19.2. The molecule has 5 atom stereocenters. The summed E-state index contributed by atoms with van der Waals surface area (Å²) in [5.74, 6) is -3.14. The highest BCUT2D eigenvalue weighted by atomic mass is 16.5. The SMILES string of the molecule is C=CCC1(C(=O)O)[C@@H]2CC[C@H]1[C@H]1C(=O)N(COCc3ccccc3)C(=O)[C@H]12. The largest absolute Gasteiger partial charge is 0.481 e. The standard InChI is InChI=1S/C21H23NO5/c1-2-10-21(20(25)26)14-8-9-15(21)17-16(14)18(23)22(19(17)24)12-27-11-13-6-4-3-5-7-13/h2-7,14-17H,1,8-12H2,(H,25,26)/t14-,15+,16+,17-,21?. The number of hydrogen-bond donors (Lipinski definition) is 1. The van der Waals surface area contributed by atoms with Crippen LogP contribution in [0.3, 0.4) is 0 Å². The summed E-state index contributed by atoms with van der Waals surface area (Å²) >= 11 is 0. The van der Waals surface area contributed by atoms with E-state index in [2.05, 4.69) is 6.58 Å². The molecule has 1 heterocycles. The topological polar surface area (TPSA) is 83.9 Å². The van der Waals surface area contributed by atoms with Crippen molar-refractivity contribution in [3.63, 3.8) is 0 Å². The summed E-state index contributed by atoms with van der Waals surface area (Å²) in [5, 5.41) is 9.93. The number of carboxylic acids is 1. The van der Waals surface area contributed by atoms with E-state index in [-0.39, 0.29) is 30.4 Å². The number of benzene rings is 1. The molecule has 0 aromatic heterocycles. The first kappa shape index (κ1) is 17.9. The van der Waals surface area contributed by atoms with Crippen molar-refractivity contribution in [2.24, 2.45) is 29.1 Å². The Morgan fingerprint density at radius 3 is 2.30 bits per heavy atom. The summed E-state index contributed by atoms with van der Waals surface area (Å²) in [6.07, 6.45) is 3.25. The first-order chi connectivity index (χ1) is 13.0. The predicted octanol–water partition coefficient (Wildman–Crippen LogP) is 2.45. The van der Waals surface area contributed by atoms with E-state index >= 15 is 0 Å². The second-order valence-electron chi connectivity index (χ2n) is 7.75. The van der Waals surface area contributed by atoms with Gasteiger partial charge in [0.1, 0.15) is 6.73 Å². The molecule has 3 fully saturated rings. The molecule has 0 spiro atoms. The van der Waals surface area contributed by atoms with Crippen molar-refractivity contribution in [2.45, 2.75) is 25.9 Å². The lowest BCUT2D eigenvalue weighted by atomic mass is 9.73. The summed E-state index contributed by atoms with van der Waals surface area (Å²) in [7, 11) is 0. The second-order valence-corrected chi connectivity index (χ2v) is 7.75. The maximum Gasteiger partial charge on any atom is 0.310 e. The van der Waals surface area contributed by atoms with Gasteiger partial charge in [-0.05, 0) is 36.7 Å². The van der Waals surface area contributed by atoms with E-state index in [0.717, 1.165) is 5.56 Å². The van der Waals surface area contributed by atoms with Gasteiger partial charge in [0.25, 0.3) is 0 Å². The number of fused-ring (bicyclic) bond motifs is 5. The molecule has 27 heavy (non-hydrogen) atoms. The van der Waals surface area contributed by atoms with Crippen LogP contribution in [0.15, 0.2) is 43.0 Å². The van der Waals surface area contributed by atoms with Gasteiger partial charge in [0.2, 0.25) is 11.8 Å². The smallest absolute Gasteiger partial charge is 0.310 e. The van der Waals surface area contributed by atoms with Gasteiger partial charge in [0.15, 0.2) is 0 Å². The molecule has 2 saturated carbocycles. The molecule has 6 heteroatoms. The molecule has 142 valence electrons. The molecule has 6 nitrogen and oxygen atoms in total. The van der Waals surface area contributed by atoms with Crippen LogP contribution in [0.2, 0.25) is 0 Å². The lowest BCUT2D eigenvalue weighted by molar-refractivity contribution is -0.155. The van der Waals surface area contributed by atoms with Gasteiger partial charge in [0.05, 0.1) is 23.9 Å². The van der Waals surface area contributed by atoms with Crippen LogP contribution in [-0.2, 0) is 25.7 Å². The van der Waals surface area contributed by atoms with Gasteiger partial charge in [-0.2, -0.15) is 0 Å². The Kier molecular flexibility index (Phi) is 4.38. The van der Waals surface area contributed by atoms with Crippen molar-refractivity contribution in [1.29, 1.82) is 0 Å². The van der Waals surface area contributed by atoms with Gasteiger partial charge in [-0.3, -0.25) is 19.3 Å². The van der Waals surface area contributed by atoms with Crippen molar-refractivity contribution in [1.82, 2.24) is 4.90 Å². The maximum atomic E-state index is 13.0. The normalized spacial score (nSPS) is 34.1. The lowest BCUT2D eigenvalue weighted by Gasteiger charge is -2.31. The molecule has 1 unspecified atom stereocenters. The monoisotopic (exact) mass is 369 g/mol. The third kappa shape index (κ3) is 2.46. The van der Waals surface area contributed by atoms with Crippen molar-refractivity contribution in [3.05, 3.63) is 48.6 Å². The van der Waals surface area contributed by atoms with Crippen LogP contribution in [0, 0.1) is 29.1 Å². The minimum atomic E-state index is -1.03. The highest BCUT2D eigenvalue weighted by molar-refractivity contribution is 6.07. The minimum Gasteiger partial charge on any atom is -0.481 e. The number of imide groups is 1. The zero-order valence-corrected chi connectivity index (χ0v) is 15.0. The first-order valence-electron chi connectivity index (χ1n) is 9.33. The Labute approximate surface area is 157 Å². The van der Waals surface area contributed by atoms with Gasteiger partial charge in [-0.15, -0.1) is 6.58 Å². The average Bonchev–Trinajstić information content (AvgIpc) is 3.25. The minimum absolute atomic E-state index is 0.0828. The highest BCUT2D eigenvalue weighted by Gasteiger charge is 2.73. The number of rotatable bonds is 7. The number of carboxylic acid groups (broad SMARTS) is 1. The molecule has 0 radical (unpaired) electrons. The molecular formula is C21H23NO5. The lowest BCUT2D eigenvalue weighted by Crippen LogP contribution is -2.42. The number of aliphatic carboxylic acids is 1. The van der Waals surface area contributed by atoms with Gasteiger partial charge in [-0.1, -0.05) is 36.4 Å². The maximum absolute atomic E-state index is 13.0. The van der Waals surface area contributed by atoms with Gasteiger partial charge < -0.3 is 9.84 Å². The van der Waals surface area contributed by atoms with E-state index in [1.54, 1.807) is 6.08 Å². The van der Waals surface area contributed by atoms with Crippen molar-refractivity contribution in [2.75, 3.05) is 6.73 Å². The van der Waals surface area contributed by atoms with E-state index in [1.165, 1.54) is 4.90 Å². The fourth-order valence-electron chi connectivity index (χ4n) is 5.67. The quantitative estimate of drug-likeness (QED) is 0.590. The summed E-state index contributed by atoms with van der Waals surface area (Å²) in [6.45, 7) is 3.93. The predicted molar refractivity (Wildman–Crippen MR) is 96.0 cm³/mol. The third-order valence-electron chi connectivity index (χ3n) is 6.68. The Bertz CT molecular complexity index is 759. The van der Waals surface area contributed by atoms with Crippen LogP contribution in [0.25, 0.3) is 0 Å². The summed E-state index contributed by atoms with van der Waals surface area (Å²) in [5.41, 5.74) is -0.0629. The van der Waals surface area contributed by atoms with Gasteiger partial charge >= 0.3 is 5.97 Å². The van der Waals surface area contributed by atoms with Crippen LogP contribution in [0.1, 0.15) is 24.8 Å². The Balaban J connectivity index is 1.51. The molecule has 1 aromatic carbocycles. The van der Waals surface area contributed by atoms with Crippen LogP contribution >= 0.6 is 0 Å². The van der Waals surface area contributed by atoms with Crippen LogP contribution in [0.4, 0.5) is 0 Å². The molecule has 1 N–H and O–H groups in total. The molecule has 2 bridgehead atoms. The van der Waals surface area contributed by atoms with E-state index < -0.39 is 23.2 Å². The number of carbonyl (C=O) groups is 3. The highest BCUT2D eigenvalue weighted by Crippen LogP contribution is 2.67. The van der Waals surface area contributed by atoms with Gasteiger partial charge in [-0.25, -0.2) is 0 Å². The van der Waals surface area contributed by atoms with E-state index in [4.69, 9.17) is 4.74 Å². The third-order valence-corrected chi connectivity index (χ3v) is 6.68. The molecule has 4 rings (SSSR count). The molecule has 3 aliphatic rings. The molecular weight excluding hydrogens is 346 g/mol. The molecule has 1 aliphatic heterocycles. The van der Waals surface area contributed by atoms with E-state index in [0.29, 0.717) is 25.9 Å². The van der Waals surface area contributed by atoms with Crippen molar-refractivity contribution < 1.29 is 24.2 Å². The fraction of sp³-hybridized carbons (Fsp3) is 0.476. The summed E-state index contributed by atoms with van der Waals surface area (Å²) in [6, 6.07) is 9.54. The van der Waals surface area contributed by atoms with Crippen LogP contribution < -0.4 is 0 Å². The zero-order valence-electron chi connectivity index (χ0n) is 15.0. The number of allylic oxidation sites excluding steroid dienone is 1. The molecule has 2 aliphatic carbocycles. The Morgan fingerprint density at radius 2 is 1.78 bits per heavy atom. The molecule has 1 saturated heterocycles. The Hall–Kier alpha value is -2.47. The number of hydrogen-bond acceptors (Lipinski definition) is 4. The number of ether oxygens (including phenoxy) is 1. The Morgan fingerprint density at radius 1 is 1.19 bits per heavy atom. The number of nitrogens with zero attached hydrogens (tertiary/aromatic N) is 1. The number of likely N-dealkylation sites (tertiary alicyclic amines) is 1. The number of amides is 2.